The highest BCUT2D eigenvalue weighted by Gasteiger charge is 2.19. The van der Waals surface area contributed by atoms with Gasteiger partial charge in [0.2, 0.25) is 0 Å². The third-order valence-electron chi connectivity index (χ3n) is 4.46. The van der Waals surface area contributed by atoms with Crippen molar-refractivity contribution in [3.05, 3.63) is 15.9 Å². The van der Waals surface area contributed by atoms with Gasteiger partial charge in [-0.2, -0.15) is 5.10 Å². The third-order valence-corrected chi connectivity index (χ3v) is 5.49. The molecule has 1 atom stereocenters. The van der Waals surface area contributed by atoms with Crippen LogP contribution in [0.25, 0.3) is 0 Å². The molecule has 1 heterocycles. The van der Waals surface area contributed by atoms with E-state index < -0.39 is 0 Å². The first-order chi connectivity index (χ1) is 9.09. The first kappa shape index (κ1) is 15.0. The molecule has 0 spiro atoms. The highest BCUT2D eigenvalue weighted by molar-refractivity contribution is 9.10. The normalized spacial score (nSPS) is 19.4. The van der Waals surface area contributed by atoms with Gasteiger partial charge in [0, 0.05) is 19.6 Å². The van der Waals surface area contributed by atoms with Gasteiger partial charge < -0.3 is 5.32 Å². The van der Waals surface area contributed by atoms with Gasteiger partial charge in [0.05, 0.1) is 15.9 Å². The monoisotopic (exact) mass is 327 g/mol. The average Bonchev–Trinajstić information content (AvgIpc) is 2.62. The van der Waals surface area contributed by atoms with Crippen LogP contribution in [0.5, 0.6) is 0 Å². The lowest BCUT2D eigenvalue weighted by molar-refractivity contribution is 0.334. The third kappa shape index (κ3) is 3.82. The smallest absolute Gasteiger partial charge is 0.0739 e. The van der Waals surface area contributed by atoms with Crippen molar-refractivity contribution in [1.29, 1.82) is 0 Å². The van der Waals surface area contributed by atoms with E-state index in [-0.39, 0.29) is 0 Å². The Hall–Kier alpha value is -0.350. The fourth-order valence-electron chi connectivity index (χ4n) is 3.11. The van der Waals surface area contributed by atoms with Crippen LogP contribution in [0.3, 0.4) is 0 Å². The van der Waals surface area contributed by atoms with Crippen LogP contribution in [0, 0.1) is 12.8 Å². The number of nitrogens with zero attached hydrogens (tertiary/aromatic N) is 2. The summed E-state index contributed by atoms with van der Waals surface area (Å²) in [4.78, 5) is 0. The van der Waals surface area contributed by atoms with Crippen LogP contribution in [0.15, 0.2) is 4.47 Å². The first-order valence-electron chi connectivity index (χ1n) is 7.51. The number of aryl methyl sites for hydroxylation is 2. The molecule has 1 saturated carbocycles. The summed E-state index contributed by atoms with van der Waals surface area (Å²) in [6, 6.07) is 0.597. The van der Waals surface area contributed by atoms with E-state index >= 15 is 0 Å². The number of aromatic nitrogens is 2. The highest BCUT2D eigenvalue weighted by atomic mass is 79.9. The van der Waals surface area contributed by atoms with E-state index in [2.05, 4.69) is 33.3 Å². The molecule has 0 radical (unpaired) electrons. The van der Waals surface area contributed by atoms with Crippen molar-refractivity contribution in [3.63, 3.8) is 0 Å². The van der Waals surface area contributed by atoms with Crippen molar-refractivity contribution in [2.24, 2.45) is 13.0 Å². The van der Waals surface area contributed by atoms with Crippen molar-refractivity contribution in [3.8, 4) is 0 Å². The van der Waals surface area contributed by atoms with Crippen molar-refractivity contribution in [2.75, 3.05) is 0 Å². The molecule has 1 aromatic heterocycles. The van der Waals surface area contributed by atoms with Gasteiger partial charge in [-0.25, -0.2) is 0 Å². The zero-order chi connectivity index (χ0) is 13.8. The molecule has 1 aliphatic carbocycles. The lowest BCUT2D eigenvalue weighted by Crippen LogP contribution is -2.33. The Morgan fingerprint density at radius 1 is 1.32 bits per heavy atom. The van der Waals surface area contributed by atoms with Gasteiger partial charge in [-0.05, 0) is 48.5 Å². The summed E-state index contributed by atoms with van der Waals surface area (Å²) in [5.41, 5.74) is 2.32. The van der Waals surface area contributed by atoms with E-state index in [1.807, 2.05) is 18.7 Å². The summed E-state index contributed by atoms with van der Waals surface area (Å²) in [6.07, 6.45) is 8.45. The number of rotatable bonds is 4. The number of hydrogen-bond acceptors (Lipinski definition) is 2. The molecular formula is C15H26BrN3. The standard InChI is InChI=1S/C15H26BrN3/c1-11(13-8-6-4-5-7-9-13)17-10-14-15(16)12(2)18-19(14)3/h11,13,17H,4-10H2,1-3H3/t11-/m1/s1. The number of halogens is 1. The van der Waals surface area contributed by atoms with Crippen LogP contribution in [0.4, 0.5) is 0 Å². The van der Waals surface area contributed by atoms with Crippen LogP contribution in [-0.2, 0) is 13.6 Å². The predicted molar refractivity (Wildman–Crippen MR) is 83.1 cm³/mol. The van der Waals surface area contributed by atoms with Crippen molar-refractivity contribution >= 4 is 15.9 Å². The summed E-state index contributed by atoms with van der Waals surface area (Å²) in [6.45, 7) is 5.28. The SMILES string of the molecule is Cc1nn(C)c(CN[C@H](C)C2CCCCCC2)c1Br. The zero-order valence-corrected chi connectivity index (χ0v) is 14.0. The maximum absolute atomic E-state index is 4.45. The minimum Gasteiger partial charge on any atom is -0.308 e. The Labute approximate surface area is 125 Å². The molecule has 1 N–H and O–H groups in total. The Morgan fingerprint density at radius 2 is 1.95 bits per heavy atom. The van der Waals surface area contributed by atoms with Crippen molar-refractivity contribution in [1.82, 2.24) is 15.1 Å². The maximum Gasteiger partial charge on any atom is 0.0739 e. The molecule has 1 aliphatic rings. The molecule has 0 aliphatic heterocycles. The minimum atomic E-state index is 0.597. The molecule has 2 rings (SSSR count). The average molecular weight is 328 g/mol. The molecule has 19 heavy (non-hydrogen) atoms. The quantitative estimate of drug-likeness (QED) is 0.849. The largest absolute Gasteiger partial charge is 0.308 e. The first-order valence-corrected chi connectivity index (χ1v) is 8.30. The van der Waals surface area contributed by atoms with E-state index in [0.717, 1.165) is 22.6 Å². The van der Waals surface area contributed by atoms with Gasteiger partial charge in [-0.1, -0.05) is 25.7 Å². The minimum absolute atomic E-state index is 0.597. The van der Waals surface area contributed by atoms with Gasteiger partial charge >= 0.3 is 0 Å². The fraction of sp³-hybridized carbons (Fsp3) is 0.800. The second kappa shape index (κ2) is 6.89. The van der Waals surface area contributed by atoms with E-state index in [9.17, 15) is 0 Å². The van der Waals surface area contributed by atoms with Crippen LogP contribution in [-0.4, -0.2) is 15.8 Å². The molecule has 0 saturated heterocycles. The molecule has 4 heteroatoms. The summed E-state index contributed by atoms with van der Waals surface area (Å²) < 4.78 is 3.13. The number of hydrogen-bond donors (Lipinski definition) is 1. The van der Waals surface area contributed by atoms with E-state index in [4.69, 9.17) is 0 Å². The van der Waals surface area contributed by atoms with Gasteiger partial charge in [-0.15, -0.1) is 0 Å². The van der Waals surface area contributed by atoms with Crippen molar-refractivity contribution < 1.29 is 0 Å². The molecule has 0 unspecified atom stereocenters. The van der Waals surface area contributed by atoms with E-state index in [1.54, 1.807) is 0 Å². The number of nitrogens with one attached hydrogen (secondary N) is 1. The Balaban J connectivity index is 1.90. The molecule has 3 nitrogen and oxygen atoms in total. The molecule has 0 bridgehead atoms. The molecule has 0 amide bonds. The summed E-state index contributed by atoms with van der Waals surface area (Å²) in [5, 5.41) is 8.15. The van der Waals surface area contributed by atoms with Gasteiger partial charge in [-0.3, -0.25) is 4.68 Å². The second-order valence-corrected chi connectivity index (χ2v) is 6.68. The highest BCUT2D eigenvalue weighted by Crippen LogP contribution is 2.26. The molecule has 108 valence electrons. The van der Waals surface area contributed by atoms with E-state index in [1.165, 1.54) is 44.2 Å². The van der Waals surface area contributed by atoms with Crippen LogP contribution < -0.4 is 5.32 Å². The van der Waals surface area contributed by atoms with Crippen molar-refractivity contribution in [2.45, 2.75) is 65.0 Å². The molecule has 1 aromatic rings. The fourth-order valence-corrected chi connectivity index (χ4v) is 3.58. The van der Waals surface area contributed by atoms with Gasteiger partial charge in [0.25, 0.3) is 0 Å². The van der Waals surface area contributed by atoms with Gasteiger partial charge in [0.1, 0.15) is 0 Å². The summed E-state index contributed by atoms with van der Waals surface area (Å²) in [5.74, 6) is 0.843. The molecular weight excluding hydrogens is 302 g/mol. The molecule has 1 fully saturated rings. The Kier molecular flexibility index (Phi) is 5.46. The molecule has 0 aromatic carbocycles. The summed E-state index contributed by atoms with van der Waals surface area (Å²) in [7, 11) is 2.02. The van der Waals surface area contributed by atoms with Crippen LogP contribution in [0.1, 0.15) is 56.8 Å². The lowest BCUT2D eigenvalue weighted by atomic mass is 9.93. The zero-order valence-electron chi connectivity index (χ0n) is 12.4. The van der Waals surface area contributed by atoms with Gasteiger partial charge in [0.15, 0.2) is 0 Å². The Morgan fingerprint density at radius 3 is 2.47 bits per heavy atom. The topological polar surface area (TPSA) is 29.9 Å². The van der Waals surface area contributed by atoms with Crippen LogP contribution >= 0.6 is 15.9 Å². The van der Waals surface area contributed by atoms with Crippen LogP contribution in [0.2, 0.25) is 0 Å². The second-order valence-electron chi connectivity index (χ2n) is 5.89. The Bertz CT molecular complexity index is 406. The predicted octanol–water partition coefficient (Wildman–Crippen LogP) is 3.94. The van der Waals surface area contributed by atoms with E-state index in [0.29, 0.717) is 6.04 Å². The maximum atomic E-state index is 4.45. The lowest BCUT2D eigenvalue weighted by Gasteiger charge is -2.23. The summed E-state index contributed by atoms with van der Waals surface area (Å²) >= 11 is 3.64.